The van der Waals surface area contributed by atoms with Crippen LogP contribution in [0, 0.1) is 19.7 Å². The normalized spacial score (nSPS) is 14.4. The molecule has 0 radical (unpaired) electrons. The molecule has 1 saturated heterocycles. The first-order valence-corrected chi connectivity index (χ1v) is 11.1. The lowest BCUT2D eigenvalue weighted by atomic mass is 10.0. The van der Waals surface area contributed by atoms with Crippen molar-refractivity contribution in [3.63, 3.8) is 0 Å². The van der Waals surface area contributed by atoms with Crippen molar-refractivity contribution < 1.29 is 13.9 Å². The van der Waals surface area contributed by atoms with Gasteiger partial charge in [-0.1, -0.05) is 29.0 Å². The Hall–Kier alpha value is -2.06. The highest BCUT2D eigenvalue weighted by Gasteiger charge is 2.23. The second-order valence-corrected chi connectivity index (χ2v) is 8.70. The minimum Gasteiger partial charge on any atom is -0.379 e. The maximum Gasteiger partial charge on any atom is 0.260 e. The Balaban J connectivity index is 0.00000272. The van der Waals surface area contributed by atoms with Crippen LogP contribution in [0.2, 0.25) is 0 Å². The van der Waals surface area contributed by atoms with E-state index in [-0.39, 0.29) is 24.1 Å². The van der Waals surface area contributed by atoms with Crippen molar-refractivity contribution in [3.05, 3.63) is 58.9 Å². The Morgan fingerprint density at radius 2 is 1.97 bits per heavy atom. The molecule has 1 aliphatic rings. The van der Waals surface area contributed by atoms with Gasteiger partial charge in [0.15, 0.2) is 5.13 Å². The zero-order valence-electron chi connectivity index (χ0n) is 17.8. The maximum atomic E-state index is 13.7. The summed E-state index contributed by atoms with van der Waals surface area (Å²) in [5.74, 6) is -0.352. The molecule has 0 unspecified atom stereocenters. The molecule has 0 bridgehead atoms. The summed E-state index contributed by atoms with van der Waals surface area (Å²) in [7, 11) is 0. The number of rotatable bonds is 6. The van der Waals surface area contributed by atoms with Crippen LogP contribution in [-0.4, -0.2) is 55.2 Å². The van der Waals surface area contributed by atoms with E-state index in [0.717, 1.165) is 55.1 Å². The number of nitrogens with zero attached hydrogens (tertiary/aromatic N) is 3. The molecule has 4 rings (SSSR count). The molecule has 8 heteroatoms. The van der Waals surface area contributed by atoms with Crippen LogP contribution in [0.4, 0.5) is 9.52 Å². The highest BCUT2D eigenvalue weighted by molar-refractivity contribution is 7.22. The third-order valence-electron chi connectivity index (χ3n) is 5.40. The van der Waals surface area contributed by atoms with Crippen molar-refractivity contribution >= 4 is 45.0 Å². The zero-order chi connectivity index (χ0) is 21.1. The van der Waals surface area contributed by atoms with Crippen molar-refractivity contribution in [2.75, 3.05) is 44.3 Å². The molecule has 2 aromatic carbocycles. The van der Waals surface area contributed by atoms with Gasteiger partial charge in [0, 0.05) is 31.7 Å². The summed E-state index contributed by atoms with van der Waals surface area (Å²) in [6, 6.07) is 10.5. The molecule has 166 valence electrons. The third-order valence-corrected chi connectivity index (χ3v) is 6.44. The number of hydrogen-bond acceptors (Lipinski definition) is 5. The maximum absolute atomic E-state index is 13.7. The minimum absolute atomic E-state index is 0. The van der Waals surface area contributed by atoms with E-state index in [1.54, 1.807) is 11.0 Å². The van der Waals surface area contributed by atoms with E-state index in [2.05, 4.69) is 9.88 Å². The van der Waals surface area contributed by atoms with Crippen LogP contribution in [0.25, 0.3) is 10.2 Å². The number of aryl methyl sites for hydroxylation is 2. The number of ether oxygens (including phenoxy) is 1. The van der Waals surface area contributed by atoms with E-state index in [0.29, 0.717) is 22.8 Å². The Morgan fingerprint density at radius 1 is 1.19 bits per heavy atom. The number of halogens is 2. The molecule has 31 heavy (non-hydrogen) atoms. The fourth-order valence-electron chi connectivity index (χ4n) is 3.67. The van der Waals surface area contributed by atoms with Gasteiger partial charge in [-0.2, -0.15) is 0 Å². The standard InChI is InChI=1S/C23H26FN3O2S.ClH/c1-16-4-5-17(2)19(14-16)22(28)27(9-3-8-26-10-12-29-13-11-26)23-25-20-7-6-18(24)15-21(20)30-23;/h4-7,14-15H,3,8-13H2,1-2H3;1H. The molecule has 0 atom stereocenters. The number of benzene rings is 2. The smallest absolute Gasteiger partial charge is 0.260 e. The number of carbonyl (C=O) groups excluding carboxylic acids is 1. The van der Waals surface area contributed by atoms with Gasteiger partial charge in [0.25, 0.3) is 5.91 Å². The summed E-state index contributed by atoms with van der Waals surface area (Å²) in [5.41, 5.74) is 3.38. The van der Waals surface area contributed by atoms with Gasteiger partial charge in [0.05, 0.1) is 23.4 Å². The van der Waals surface area contributed by atoms with Crippen LogP contribution in [0.15, 0.2) is 36.4 Å². The lowest BCUT2D eigenvalue weighted by Gasteiger charge is -2.28. The minimum atomic E-state index is -0.294. The second kappa shape index (κ2) is 10.5. The van der Waals surface area contributed by atoms with Gasteiger partial charge in [-0.3, -0.25) is 14.6 Å². The first kappa shape index (κ1) is 23.6. The fraction of sp³-hybridized carbons (Fsp3) is 0.391. The molecule has 0 aliphatic carbocycles. The lowest BCUT2D eigenvalue weighted by Crippen LogP contribution is -2.39. The largest absolute Gasteiger partial charge is 0.379 e. The number of hydrogen-bond donors (Lipinski definition) is 0. The summed E-state index contributed by atoms with van der Waals surface area (Å²) in [6.07, 6.45) is 0.834. The van der Waals surface area contributed by atoms with Crippen LogP contribution in [0.3, 0.4) is 0 Å². The van der Waals surface area contributed by atoms with Gasteiger partial charge in [-0.05, 0) is 50.1 Å². The van der Waals surface area contributed by atoms with Gasteiger partial charge in [-0.15, -0.1) is 12.4 Å². The van der Waals surface area contributed by atoms with E-state index in [4.69, 9.17) is 4.74 Å². The highest BCUT2D eigenvalue weighted by atomic mass is 35.5. The summed E-state index contributed by atoms with van der Waals surface area (Å²) >= 11 is 1.36. The molecular weight excluding hydrogens is 437 g/mol. The van der Waals surface area contributed by atoms with E-state index < -0.39 is 0 Å². The molecule has 1 aromatic heterocycles. The molecule has 3 aromatic rings. The molecule has 1 fully saturated rings. The van der Waals surface area contributed by atoms with Gasteiger partial charge < -0.3 is 4.74 Å². The van der Waals surface area contributed by atoms with Crippen molar-refractivity contribution in [2.24, 2.45) is 0 Å². The van der Waals surface area contributed by atoms with E-state index in [9.17, 15) is 9.18 Å². The number of anilines is 1. The molecule has 5 nitrogen and oxygen atoms in total. The molecule has 0 N–H and O–H groups in total. The quantitative estimate of drug-likeness (QED) is 0.524. The first-order chi connectivity index (χ1) is 14.5. The van der Waals surface area contributed by atoms with Crippen molar-refractivity contribution in [1.82, 2.24) is 9.88 Å². The molecule has 0 saturated carbocycles. The van der Waals surface area contributed by atoms with Gasteiger partial charge in [-0.25, -0.2) is 9.37 Å². The Bertz CT molecular complexity index is 1050. The van der Waals surface area contributed by atoms with E-state index in [1.165, 1.54) is 23.5 Å². The summed E-state index contributed by atoms with van der Waals surface area (Å²) in [5, 5.41) is 0.614. The SMILES string of the molecule is Cc1ccc(C)c(C(=O)N(CCCN2CCOCC2)c2nc3ccc(F)cc3s2)c1.Cl. The lowest BCUT2D eigenvalue weighted by molar-refractivity contribution is 0.0376. The molecular formula is C23H27ClFN3O2S. The third kappa shape index (κ3) is 5.60. The molecule has 1 aliphatic heterocycles. The number of amides is 1. The monoisotopic (exact) mass is 463 g/mol. The number of fused-ring (bicyclic) bond motifs is 1. The molecule has 1 amide bonds. The molecule has 0 spiro atoms. The Labute approximate surface area is 192 Å². The summed E-state index contributed by atoms with van der Waals surface area (Å²) in [6.45, 7) is 8.76. The first-order valence-electron chi connectivity index (χ1n) is 10.3. The van der Waals surface area contributed by atoms with Gasteiger partial charge in [0.1, 0.15) is 5.82 Å². The average Bonchev–Trinajstić information content (AvgIpc) is 3.16. The second-order valence-electron chi connectivity index (χ2n) is 7.69. The van der Waals surface area contributed by atoms with Crippen LogP contribution >= 0.6 is 23.7 Å². The van der Waals surface area contributed by atoms with Gasteiger partial charge >= 0.3 is 0 Å². The Kier molecular flexibility index (Phi) is 8.00. The average molecular weight is 464 g/mol. The van der Waals surface area contributed by atoms with Crippen LogP contribution in [0.1, 0.15) is 27.9 Å². The molecule has 2 heterocycles. The topological polar surface area (TPSA) is 45.7 Å². The van der Waals surface area contributed by atoms with Crippen molar-refractivity contribution in [3.8, 4) is 0 Å². The number of carbonyl (C=O) groups is 1. The Morgan fingerprint density at radius 3 is 2.74 bits per heavy atom. The predicted octanol–water partition coefficient (Wildman–Crippen LogP) is 4.84. The van der Waals surface area contributed by atoms with Gasteiger partial charge in [0.2, 0.25) is 0 Å². The van der Waals surface area contributed by atoms with E-state index >= 15 is 0 Å². The van der Waals surface area contributed by atoms with Crippen LogP contribution in [-0.2, 0) is 4.74 Å². The number of morpholine rings is 1. The number of thiazole rings is 1. The summed E-state index contributed by atoms with van der Waals surface area (Å²) in [4.78, 5) is 22.3. The highest BCUT2D eigenvalue weighted by Crippen LogP contribution is 2.31. The van der Waals surface area contributed by atoms with Crippen molar-refractivity contribution in [2.45, 2.75) is 20.3 Å². The predicted molar refractivity (Wildman–Crippen MR) is 126 cm³/mol. The van der Waals surface area contributed by atoms with Crippen LogP contribution < -0.4 is 4.90 Å². The summed E-state index contributed by atoms with van der Waals surface area (Å²) < 4.78 is 19.8. The fourth-order valence-corrected chi connectivity index (χ4v) is 4.69. The van der Waals surface area contributed by atoms with Crippen molar-refractivity contribution in [1.29, 1.82) is 0 Å². The number of aromatic nitrogens is 1. The zero-order valence-corrected chi connectivity index (χ0v) is 19.4. The van der Waals surface area contributed by atoms with Crippen LogP contribution in [0.5, 0.6) is 0 Å². The van der Waals surface area contributed by atoms with E-state index in [1.807, 2.05) is 32.0 Å².